The first-order chi connectivity index (χ1) is 60.2. The number of anilines is 3. The highest BCUT2D eigenvalue weighted by Crippen LogP contribution is 2.50. The maximum atomic E-state index is 14.4. The van der Waals surface area contributed by atoms with Crippen LogP contribution in [-0.4, -0.2) is 151 Å². The summed E-state index contributed by atoms with van der Waals surface area (Å²) < 4.78 is 112. The van der Waals surface area contributed by atoms with E-state index in [-0.39, 0.29) is 70.0 Å². The first-order valence-corrected chi connectivity index (χ1v) is 45.0. The van der Waals surface area contributed by atoms with E-state index in [4.69, 9.17) is 51.6 Å². The number of aromatic nitrogens is 8. The Kier molecular flexibility index (Phi) is 32.4. The lowest BCUT2D eigenvalue weighted by Crippen LogP contribution is -2.48. The molecule has 128 heavy (non-hydrogen) atoms. The van der Waals surface area contributed by atoms with Gasteiger partial charge < -0.3 is 53.3 Å². The smallest absolute Gasteiger partial charge is 0.350 e. The first-order valence-electron chi connectivity index (χ1n) is 44.2. The summed E-state index contributed by atoms with van der Waals surface area (Å²) in [4.78, 5) is 33.9. The molecule has 14 rings (SSSR count). The Labute approximate surface area is 761 Å². The molecule has 2 N–H and O–H groups in total. The predicted molar refractivity (Wildman–Crippen MR) is 495 cm³/mol. The van der Waals surface area contributed by atoms with Gasteiger partial charge in [0.15, 0.2) is 17.4 Å². The van der Waals surface area contributed by atoms with Crippen LogP contribution in [0.4, 0.5) is 39.0 Å². The molecule has 4 aliphatic heterocycles. The van der Waals surface area contributed by atoms with Crippen molar-refractivity contribution in [1.82, 2.24) is 44.0 Å². The molecular weight excluding hydrogens is 1680 g/mol. The van der Waals surface area contributed by atoms with Crippen LogP contribution in [-0.2, 0) is 48.3 Å². The Morgan fingerprint density at radius 2 is 0.961 bits per heavy atom. The third-order valence-electron chi connectivity index (χ3n) is 23.3. The highest BCUT2D eigenvalue weighted by atomic mass is 35.5. The fourth-order valence-electron chi connectivity index (χ4n) is 17.2. The second-order valence-electron chi connectivity index (χ2n) is 39.5. The predicted octanol–water partition coefficient (Wildman–Crippen LogP) is 20.8. The van der Waals surface area contributed by atoms with Crippen molar-refractivity contribution in [2.75, 3.05) is 93.5 Å². The zero-order valence-electron chi connectivity index (χ0n) is 77.6. The van der Waals surface area contributed by atoms with Gasteiger partial charge in [-0.1, -0.05) is 157 Å². The molecule has 7 aromatic carbocycles. The van der Waals surface area contributed by atoms with Crippen molar-refractivity contribution in [2.24, 2.45) is 21.7 Å². The molecular formula is C100H129Cl2F5N12O9. The average molecular weight is 1810 g/mol. The molecule has 8 atom stereocenters. The van der Waals surface area contributed by atoms with E-state index in [1.54, 1.807) is 22.5 Å². The molecule has 2 unspecified atom stereocenters. The molecule has 692 valence electrons. The lowest BCUT2D eigenvalue weighted by atomic mass is 9.70. The molecule has 0 amide bonds. The Bertz CT molecular complexity index is 5320. The SMILES string of the molecule is CC(C)(C)CC(O)(Cn1cncn1)c1ccc(F)cc1F.CCC(C)n1ncn(-c2ccc(N3CCN(c4ccc(OC[C@H]5CO[C@](CC(C)(C)C)(c6ccc(C)cc6Cl)O5)cc4)CC3)cc2)c1=O.C[C@@H](c1ncncc1F)[C@](O)(CC(C)(C)C)c1ccc(F)cc1F.Cc1ccc([C@@]2(CC(C)(C)C)OC[C@H](COc3ccc(N4CCN(C(C)C)CC4)cc3)O2)c(Cl)c1. The van der Waals surface area contributed by atoms with Gasteiger partial charge in [-0.05, 0) is 184 Å². The zero-order valence-corrected chi connectivity index (χ0v) is 79.1. The van der Waals surface area contributed by atoms with Gasteiger partial charge in [0.25, 0.3) is 0 Å². The molecule has 21 nitrogen and oxygen atoms in total. The van der Waals surface area contributed by atoms with Gasteiger partial charge in [0.2, 0.25) is 0 Å². The van der Waals surface area contributed by atoms with E-state index in [0.717, 1.165) is 128 Å². The van der Waals surface area contributed by atoms with Crippen LogP contribution in [0.15, 0.2) is 182 Å². The standard InChI is InChI=1S/C38H48ClN5O4.C29H41ClN2O3.C18H21F3N2O.C15H19F2N3O/c1-7-28(3)44-36(45)43(26-40-44)31-11-9-29(10-12-31)41-18-20-42(21-19-41)30-13-15-32(16-14-30)46-23-33-24-47-38(48-33,25-37(4,5)6)34-17-8-27(2)22-35(34)39;1-21(2)31-13-15-32(16-14-31)23-8-10-24(11-9-23)33-18-25-19-34-29(35-25,20-28(4,5)6)26-12-7-22(3)17-27(26)30;1-11(16-15(21)8-22-10-23-16)18(24,9-17(2,3)4)13-6-5-12(19)7-14(13)20;1-14(2,3)7-15(21,8-20-10-18-9-19-20)12-5-4-11(16)6-13(12)17/h8-17,22,26,28,33H,7,18-21,23-25H2,1-6H3;7-12,17,21,25H,13-16,18-20H2,1-6H3;5-8,10-11,24H,9H2,1-4H3;4-6,9-10,21H,7-8H2,1-3H3/t28?,33-,38-;25-,29-;11-,18+;/m000./s1. The molecule has 4 saturated heterocycles. The molecule has 4 fully saturated rings. The van der Waals surface area contributed by atoms with E-state index in [0.29, 0.717) is 67.8 Å². The van der Waals surface area contributed by atoms with Gasteiger partial charge in [-0.25, -0.2) is 55.6 Å². The van der Waals surface area contributed by atoms with E-state index in [1.165, 1.54) is 47.2 Å². The van der Waals surface area contributed by atoms with Crippen LogP contribution >= 0.6 is 23.2 Å². The number of hydrogen-bond donors (Lipinski definition) is 2. The van der Waals surface area contributed by atoms with E-state index in [9.17, 15) is 37.0 Å². The summed E-state index contributed by atoms with van der Waals surface area (Å²) in [6.45, 7) is 48.6. The second-order valence-corrected chi connectivity index (χ2v) is 40.3. The maximum absolute atomic E-state index is 14.4. The molecule has 0 saturated carbocycles. The van der Waals surface area contributed by atoms with Crippen molar-refractivity contribution in [2.45, 2.75) is 223 Å². The maximum Gasteiger partial charge on any atom is 0.350 e. The summed E-state index contributed by atoms with van der Waals surface area (Å²) in [7, 11) is 0. The number of benzene rings is 7. The van der Waals surface area contributed by atoms with E-state index < -0.39 is 63.2 Å². The number of piperazine rings is 2. The lowest BCUT2D eigenvalue weighted by Gasteiger charge is -2.39. The summed E-state index contributed by atoms with van der Waals surface area (Å²) in [6, 6.07) is 43.9. The number of hydrogen-bond acceptors (Lipinski definition) is 18. The van der Waals surface area contributed by atoms with Crippen molar-refractivity contribution >= 4 is 40.3 Å². The van der Waals surface area contributed by atoms with E-state index >= 15 is 0 Å². The van der Waals surface area contributed by atoms with Crippen molar-refractivity contribution in [3.8, 4) is 17.2 Å². The van der Waals surface area contributed by atoms with Crippen LogP contribution in [0.25, 0.3) is 5.69 Å². The van der Waals surface area contributed by atoms with Crippen LogP contribution < -0.4 is 29.9 Å². The van der Waals surface area contributed by atoms with Crippen LogP contribution in [0, 0.1) is 64.6 Å². The van der Waals surface area contributed by atoms with Crippen LogP contribution in [0.1, 0.15) is 201 Å². The number of aryl methyl sites for hydroxylation is 2. The van der Waals surface area contributed by atoms with E-state index in [2.05, 4.69) is 168 Å². The second kappa shape index (κ2) is 41.8. The molecule has 0 aliphatic carbocycles. The highest BCUT2D eigenvalue weighted by Gasteiger charge is 2.50. The summed E-state index contributed by atoms with van der Waals surface area (Å²) in [6.07, 6.45) is 8.87. The van der Waals surface area contributed by atoms with Crippen LogP contribution in [0.2, 0.25) is 10.0 Å². The minimum Gasteiger partial charge on any atom is -0.491 e. The summed E-state index contributed by atoms with van der Waals surface area (Å²) in [5.74, 6) is -4.70. The van der Waals surface area contributed by atoms with Gasteiger partial charge in [-0.15, -0.1) is 0 Å². The quantitative estimate of drug-likeness (QED) is 0.0510. The van der Waals surface area contributed by atoms with Crippen molar-refractivity contribution < 1.29 is 60.6 Å². The largest absolute Gasteiger partial charge is 0.491 e. The normalized spacial score (nSPS) is 19.7. The van der Waals surface area contributed by atoms with Gasteiger partial charge >= 0.3 is 5.69 Å². The Hall–Kier alpha value is -9.35. The molecule has 4 aliphatic rings. The third kappa shape index (κ3) is 26.1. The average Bonchev–Trinajstić information content (AvgIpc) is 1.75. The highest BCUT2D eigenvalue weighted by molar-refractivity contribution is 6.31. The number of halogens is 7. The van der Waals surface area contributed by atoms with Gasteiger partial charge in [0.1, 0.15) is 96.7 Å². The zero-order chi connectivity index (χ0) is 93.1. The Balaban J connectivity index is 0.000000174. The number of ether oxygens (including phenoxy) is 6. The summed E-state index contributed by atoms with van der Waals surface area (Å²) >= 11 is 13.4. The van der Waals surface area contributed by atoms with Crippen molar-refractivity contribution in [1.29, 1.82) is 0 Å². The molecule has 3 aromatic heterocycles. The summed E-state index contributed by atoms with van der Waals surface area (Å²) in [5, 5.41) is 32.0. The summed E-state index contributed by atoms with van der Waals surface area (Å²) in [5.41, 5.74) is 4.31. The van der Waals surface area contributed by atoms with Crippen molar-refractivity contribution in [3.63, 3.8) is 0 Å². The van der Waals surface area contributed by atoms with Crippen LogP contribution in [0.3, 0.4) is 0 Å². The third-order valence-corrected chi connectivity index (χ3v) is 23.9. The molecule has 0 radical (unpaired) electrons. The van der Waals surface area contributed by atoms with Gasteiger partial charge in [-0.3, -0.25) is 4.90 Å². The fraction of sp³-hybridized carbons (Fsp3) is 0.500. The Morgan fingerprint density at radius 3 is 1.37 bits per heavy atom. The molecule has 7 heterocycles. The van der Waals surface area contributed by atoms with Gasteiger partial charge in [0, 0.05) is 139 Å². The monoisotopic (exact) mass is 1810 g/mol. The minimum atomic E-state index is -1.76. The van der Waals surface area contributed by atoms with Crippen molar-refractivity contribution in [3.05, 3.63) is 266 Å². The number of aliphatic hydroxyl groups is 2. The van der Waals surface area contributed by atoms with Crippen LogP contribution in [0.5, 0.6) is 11.5 Å². The Morgan fingerprint density at radius 1 is 0.516 bits per heavy atom. The van der Waals surface area contributed by atoms with Gasteiger partial charge in [-0.2, -0.15) is 10.2 Å². The lowest BCUT2D eigenvalue weighted by molar-refractivity contribution is -0.198. The molecule has 10 aromatic rings. The molecule has 0 spiro atoms. The van der Waals surface area contributed by atoms with E-state index in [1.807, 2.05) is 111 Å². The topological polar surface area (TPSA) is 205 Å². The minimum absolute atomic E-state index is 0.000442. The number of nitrogens with zero attached hydrogens (tertiary/aromatic N) is 12. The first kappa shape index (κ1) is 99.2. The number of rotatable bonds is 25. The molecule has 0 bridgehead atoms. The molecule has 28 heteroatoms. The fourth-order valence-corrected chi connectivity index (χ4v) is 17.9. The van der Waals surface area contributed by atoms with Gasteiger partial charge in [0.05, 0.1) is 43.4 Å².